The molecule has 0 amide bonds. The van der Waals surface area contributed by atoms with E-state index in [1.165, 1.54) is 22.3 Å². The topological polar surface area (TPSA) is 47.3 Å². The number of hydrazine groups is 1. The number of nitrogens with two attached hydrogens (primary N) is 1. The molecule has 3 N–H and O–H groups in total. The van der Waals surface area contributed by atoms with Crippen molar-refractivity contribution in [1.82, 2.24) is 5.43 Å². The molecular weight excluding hydrogens is 248 g/mol. The molecule has 0 saturated carbocycles. The molecule has 1 atom stereocenters. The highest BCUT2D eigenvalue weighted by Crippen LogP contribution is 2.27. The van der Waals surface area contributed by atoms with Gasteiger partial charge in [-0.2, -0.15) is 0 Å². The van der Waals surface area contributed by atoms with Gasteiger partial charge >= 0.3 is 0 Å². The fraction of sp³-hybridized carbons (Fsp3) is 0.647. The zero-order valence-corrected chi connectivity index (χ0v) is 13.8. The van der Waals surface area contributed by atoms with Crippen LogP contribution in [0.4, 0.5) is 0 Å². The second kappa shape index (κ2) is 7.21. The van der Waals surface area contributed by atoms with Crippen molar-refractivity contribution in [2.45, 2.75) is 59.4 Å². The minimum Gasteiger partial charge on any atom is -0.380 e. The second-order valence-corrected chi connectivity index (χ2v) is 6.57. The monoisotopic (exact) mass is 278 g/mol. The zero-order valence-electron chi connectivity index (χ0n) is 13.8. The van der Waals surface area contributed by atoms with Crippen molar-refractivity contribution in [3.05, 3.63) is 34.4 Å². The maximum absolute atomic E-state index is 5.63. The van der Waals surface area contributed by atoms with E-state index in [1.54, 1.807) is 0 Å². The molecular formula is C17H30N2O. The Labute approximate surface area is 123 Å². The molecule has 3 nitrogen and oxygen atoms in total. The smallest absolute Gasteiger partial charge is 0.0636 e. The van der Waals surface area contributed by atoms with Gasteiger partial charge in [0.1, 0.15) is 0 Å². The highest BCUT2D eigenvalue weighted by Gasteiger charge is 2.18. The molecule has 0 aliphatic heterocycles. The van der Waals surface area contributed by atoms with Gasteiger partial charge < -0.3 is 4.74 Å². The highest BCUT2D eigenvalue weighted by molar-refractivity contribution is 5.40. The van der Waals surface area contributed by atoms with E-state index in [1.807, 2.05) is 6.92 Å². The van der Waals surface area contributed by atoms with Gasteiger partial charge in [0.25, 0.3) is 0 Å². The first-order valence-corrected chi connectivity index (χ1v) is 7.44. The van der Waals surface area contributed by atoms with Crippen LogP contribution in [0.5, 0.6) is 0 Å². The van der Waals surface area contributed by atoms with Crippen LogP contribution in [0, 0.1) is 13.8 Å². The molecule has 0 heterocycles. The summed E-state index contributed by atoms with van der Waals surface area (Å²) < 4.78 is 5.47. The predicted octanol–water partition coefficient (Wildman–Crippen LogP) is 3.01. The minimum absolute atomic E-state index is 0.160. The molecule has 0 aliphatic rings. The average Bonchev–Trinajstić information content (AvgIpc) is 2.36. The first-order valence-electron chi connectivity index (χ1n) is 7.44. The van der Waals surface area contributed by atoms with E-state index in [0.717, 1.165) is 13.0 Å². The van der Waals surface area contributed by atoms with Crippen LogP contribution in [-0.2, 0) is 16.6 Å². The quantitative estimate of drug-likeness (QED) is 0.621. The molecule has 0 saturated heterocycles. The summed E-state index contributed by atoms with van der Waals surface area (Å²) in [6.45, 7) is 14.5. The van der Waals surface area contributed by atoms with Gasteiger partial charge in [-0.05, 0) is 54.9 Å². The molecule has 114 valence electrons. The molecule has 0 fully saturated rings. The van der Waals surface area contributed by atoms with E-state index in [9.17, 15) is 0 Å². The average molecular weight is 278 g/mol. The summed E-state index contributed by atoms with van der Waals surface area (Å²) in [6, 6.07) is 4.76. The van der Waals surface area contributed by atoms with Crippen molar-refractivity contribution in [1.29, 1.82) is 0 Å². The predicted molar refractivity (Wildman–Crippen MR) is 85.9 cm³/mol. The van der Waals surface area contributed by atoms with Crippen molar-refractivity contribution in [2.24, 2.45) is 5.84 Å². The van der Waals surface area contributed by atoms with Crippen LogP contribution in [0.3, 0.4) is 0 Å². The Kier molecular flexibility index (Phi) is 6.18. The summed E-state index contributed by atoms with van der Waals surface area (Å²) in [5.41, 5.74) is 8.49. The van der Waals surface area contributed by atoms with Crippen LogP contribution < -0.4 is 11.3 Å². The summed E-state index contributed by atoms with van der Waals surface area (Å²) in [7, 11) is 0. The molecule has 1 aromatic rings. The van der Waals surface area contributed by atoms with E-state index >= 15 is 0 Å². The Hall–Kier alpha value is -0.900. The summed E-state index contributed by atoms with van der Waals surface area (Å²) in [4.78, 5) is 0. The zero-order chi connectivity index (χ0) is 15.3. The minimum atomic E-state index is 0.160. The normalized spacial score (nSPS) is 13.6. The maximum atomic E-state index is 5.63. The summed E-state index contributed by atoms with van der Waals surface area (Å²) in [5.74, 6) is 5.63. The first-order chi connectivity index (χ1) is 9.29. The number of aryl methyl sites for hydroxylation is 2. The van der Waals surface area contributed by atoms with Gasteiger partial charge in [0, 0.05) is 12.6 Å². The van der Waals surface area contributed by atoms with E-state index in [-0.39, 0.29) is 11.5 Å². The van der Waals surface area contributed by atoms with E-state index in [2.05, 4.69) is 52.2 Å². The number of benzene rings is 1. The fourth-order valence-electron chi connectivity index (χ4n) is 2.42. The molecule has 1 unspecified atom stereocenters. The van der Waals surface area contributed by atoms with Crippen LogP contribution in [-0.4, -0.2) is 19.3 Å². The number of rotatable bonds is 6. The molecule has 0 aromatic heterocycles. The molecule has 1 rings (SSSR count). The van der Waals surface area contributed by atoms with Crippen molar-refractivity contribution in [3.63, 3.8) is 0 Å². The van der Waals surface area contributed by atoms with E-state index < -0.39 is 0 Å². The van der Waals surface area contributed by atoms with Crippen molar-refractivity contribution in [2.75, 3.05) is 13.2 Å². The van der Waals surface area contributed by atoms with E-state index in [4.69, 9.17) is 10.6 Å². The van der Waals surface area contributed by atoms with Crippen LogP contribution in [0.2, 0.25) is 0 Å². The van der Waals surface area contributed by atoms with Crippen molar-refractivity contribution < 1.29 is 4.74 Å². The molecule has 1 aromatic carbocycles. The van der Waals surface area contributed by atoms with Gasteiger partial charge in [-0.1, -0.05) is 32.9 Å². The molecule has 0 aliphatic carbocycles. The van der Waals surface area contributed by atoms with Crippen LogP contribution in [0.1, 0.15) is 49.9 Å². The lowest BCUT2D eigenvalue weighted by molar-refractivity contribution is 0.122. The molecule has 0 radical (unpaired) electrons. The lowest BCUT2D eigenvalue weighted by atomic mass is 9.83. The molecule has 20 heavy (non-hydrogen) atoms. The van der Waals surface area contributed by atoms with Crippen molar-refractivity contribution in [3.8, 4) is 0 Å². The SMILES string of the molecule is CCOCC(Cc1c(C)cc(C(C)(C)C)cc1C)NN. The summed E-state index contributed by atoms with van der Waals surface area (Å²) in [6.07, 6.45) is 0.901. The Balaban J connectivity index is 2.96. The van der Waals surface area contributed by atoms with Crippen LogP contribution >= 0.6 is 0 Å². The number of nitrogens with one attached hydrogen (secondary N) is 1. The van der Waals surface area contributed by atoms with Gasteiger partial charge in [0.15, 0.2) is 0 Å². The third kappa shape index (κ3) is 4.58. The Bertz CT molecular complexity index is 412. The highest BCUT2D eigenvalue weighted by atomic mass is 16.5. The Morgan fingerprint density at radius 1 is 1.20 bits per heavy atom. The standard InChI is InChI=1S/C17H30N2O/c1-7-20-11-15(19-18)10-16-12(2)8-14(9-13(16)3)17(4,5)6/h8-9,15,19H,7,10-11,18H2,1-6H3. The Morgan fingerprint density at radius 2 is 1.75 bits per heavy atom. The maximum Gasteiger partial charge on any atom is 0.0636 e. The Morgan fingerprint density at radius 3 is 2.15 bits per heavy atom. The summed E-state index contributed by atoms with van der Waals surface area (Å²) >= 11 is 0. The first kappa shape index (κ1) is 17.2. The molecule has 0 spiro atoms. The van der Waals surface area contributed by atoms with Gasteiger partial charge in [0.2, 0.25) is 0 Å². The van der Waals surface area contributed by atoms with Crippen LogP contribution in [0.15, 0.2) is 12.1 Å². The van der Waals surface area contributed by atoms with Gasteiger partial charge in [-0.15, -0.1) is 0 Å². The molecule has 3 heteroatoms. The summed E-state index contributed by atoms with van der Waals surface area (Å²) in [5, 5.41) is 0. The number of hydrogen-bond acceptors (Lipinski definition) is 3. The molecule has 0 bridgehead atoms. The lowest BCUT2D eigenvalue weighted by Crippen LogP contribution is -2.40. The number of hydrogen-bond donors (Lipinski definition) is 2. The lowest BCUT2D eigenvalue weighted by Gasteiger charge is -2.24. The van der Waals surface area contributed by atoms with Gasteiger partial charge in [-0.25, -0.2) is 0 Å². The third-order valence-electron chi connectivity index (χ3n) is 3.77. The fourth-order valence-corrected chi connectivity index (χ4v) is 2.42. The second-order valence-electron chi connectivity index (χ2n) is 6.57. The van der Waals surface area contributed by atoms with Crippen molar-refractivity contribution >= 4 is 0 Å². The van der Waals surface area contributed by atoms with E-state index in [0.29, 0.717) is 6.61 Å². The largest absolute Gasteiger partial charge is 0.380 e. The van der Waals surface area contributed by atoms with Crippen LogP contribution in [0.25, 0.3) is 0 Å². The number of ether oxygens (including phenoxy) is 1. The van der Waals surface area contributed by atoms with Gasteiger partial charge in [-0.3, -0.25) is 11.3 Å². The third-order valence-corrected chi connectivity index (χ3v) is 3.77. The van der Waals surface area contributed by atoms with Gasteiger partial charge in [0.05, 0.1) is 6.61 Å².